The van der Waals surface area contributed by atoms with Gasteiger partial charge in [0.05, 0.1) is 5.69 Å². The molecule has 1 aromatic carbocycles. The molecule has 25 heavy (non-hydrogen) atoms. The van der Waals surface area contributed by atoms with Crippen LogP contribution in [0.25, 0.3) is 22.3 Å². The molecule has 0 amide bonds. The van der Waals surface area contributed by atoms with Crippen LogP contribution in [0.1, 0.15) is 11.3 Å². The molecule has 3 aromatic rings. The van der Waals surface area contributed by atoms with Gasteiger partial charge in [0.2, 0.25) is 0 Å². The molecule has 4 heteroatoms. The Morgan fingerprint density at radius 2 is 1.76 bits per heavy atom. The van der Waals surface area contributed by atoms with Crippen LogP contribution in [0, 0.1) is 0 Å². The van der Waals surface area contributed by atoms with Crippen molar-refractivity contribution in [2.75, 3.05) is 31.1 Å². The molecule has 5 rings (SSSR count). The Morgan fingerprint density at radius 1 is 0.880 bits per heavy atom. The third kappa shape index (κ3) is 2.41. The number of hydrogen-bond acceptors (Lipinski definition) is 4. The van der Waals surface area contributed by atoms with Crippen molar-refractivity contribution in [3.63, 3.8) is 0 Å². The van der Waals surface area contributed by atoms with Crippen LogP contribution < -0.4 is 10.2 Å². The van der Waals surface area contributed by atoms with Crippen molar-refractivity contribution >= 4 is 5.69 Å². The van der Waals surface area contributed by atoms with Gasteiger partial charge in [-0.3, -0.25) is 9.97 Å². The maximum atomic E-state index is 4.66. The van der Waals surface area contributed by atoms with Crippen LogP contribution in [0.15, 0.2) is 55.0 Å². The van der Waals surface area contributed by atoms with E-state index in [0.717, 1.165) is 32.6 Å². The van der Waals surface area contributed by atoms with Gasteiger partial charge in [0.25, 0.3) is 0 Å². The van der Waals surface area contributed by atoms with E-state index in [0.29, 0.717) is 0 Å². The number of rotatable bonds is 2. The number of pyridine rings is 2. The van der Waals surface area contributed by atoms with E-state index < -0.39 is 0 Å². The number of fused-ring (bicyclic) bond motifs is 3. The molecule has 3 heterocycles. The second kappa shape index (κ2) is 5.97. The fourth-order valence-corrected chi connectivity index (χ4v) is 4.04. The predicted octanol–water partition coefficient (Wildman–Crippen LogP) is 3.12. The van der Waals surface area contributed by atoms with Gasteiger partial charge in [0, 0.05) is 68.0 Å². The van der Waals surface area contributed by atoms with Crippen molar-refractivity contribution in [2.45, 2.75) is 6.42 Å². The van der Waals surface area contributed by atoms with Crippen molar-refractivity contribution in [2.24, 2.45) is 0 Å². The molecule has 2 aliphatic rings. The van der Waals surface area contributed by atoms with E-state index in [2.05, 4.69) is 56.6 Å². The second-order valence-corrected chi connectivity index (χ2v) is 6.64. The van der Waals surface area contributed by atoms with Crippen molar-refractivity contribution in [3.05, 3.63) is 66.2 Å². The summed E-state index contributed by atoms with van der Waals surface area (Å²) < 4.78 is 0. The van der Waals surface area contributed by atoms with Crippen molar-refractivity contribution in [1.82, 2.24) is 15.3 Å². The molecule has 1 fully saturated rings. The summed E-state index contributed by atoms with van der Waals surface area (Å²) in [5.74, 6) is 0. The standard InChI is InChI=1S/C21H20N4/c1-2-4-16-15(3-1)13-19-21(16)17(5-8-24-19)18-14-23-7-6-20(18)25-11-9-22-10-12-25/h1-8,14,22H,9-13H2. The van der Waals surface area contributed by atoms with Crippen molar-refractivity contribution < 1.29 is 0 Å². The minimum atomic E-state index is 0.919. The van der Waals surface area contributed by atoms with Gasteiger partial charge in [-0.05, 0) is 28.8 Å². The second-order valence-electron chi connectivity index (χ2n) is 6.64. The Balaban J connectivity index is 1.69. The molecule has 0 spiro atoms. The molecule has 0 bridgehead atoms. The fourth-order valence-electron chi connectivity index (χ4n) is 4.04. The van der Waals surface area contributed by atoms with E-state index in [-0.39, 0.29) is 0 Å². The number of anilines is 1. The highest BCUT2D eigenvalue weighted by molar-refractivity contribution is 5.93. The molecule has 0 saturated carbocycles. The average molecular weight is 328 g/mol. The molecule has 0 unspecified atom stereocenters. The highest BCUT2D eigenvalue weighted by atomic mass is 15.2. The molecule has 1 aliphatic carbocycles. The lowest BCUT2D eigenvalue weighted by Gasteiger charge is -2.31. The Bertz CT molecular complexity index is 929. The van der Waals surface area contributed by atoms with E-state index in [9.17, 15) is 0 Å². The van der Waals surface area contributed by atoms with E-state index in [1.54, 1.807) is 0 Å². The summed E-state index contributed by atoms with van der Waals surface area (Å²) in [5, 5.41) is 3.43. The number of nitrogens with one attached hydrogen (secondary N) is 1. The highest BCUT2D eigenvalue weighted by Gasteiger charge is 2.25. The summed E-state index contributed by atoms with van der Waals surface area (Å²) in [4.78, 5) is 11.6. The van der Waals surface area contributed by atoms with Gasteiger partial charge < -0.3 is 10.2 Å². The van der Waals surface area contributed by atoms with Crippen LogP contribution in [0.5, 0.6) is 0 Å². The summed E-state index contributed by atoms with van der Waals surface area (Å²) in [7, 11) is 0. The van der Waals surface area contributed by atoms with Crippen LogP contribution in [-0.4, -0.2) is 36.1 Å². The number of aromatic nitrogens is 2. The lowest BCUT2D eigenvalue weighted by atomic mass is 9.96. The van der Waals surface area contributed by atoms with Gasteiger partial charge in [-0.2, -0.15) is 0 Å². The first kappa shape index (κ1) is 14.6. The molecule has 1 N–H and O–H groups in total. The normalized spacial score (nSPS) is 15.8. The SMILES string of the molecule is c1ccc2c(c1)Cc1nccc(-c3cnccc3N3CCNCC3)c1-2. The molecule has 4 nitrogen and oxygen atoms in total. The van der Waals surface area contributed by atoms with E-state index in [1.807, 2.05) is 18.6 Å². The monoisotopic (exact) mass is 328 g/mol. The zero-order valence-corrected chi connectivity index (χ0v) is 14.1. The highest BCUT2D eigenvalue weighted by Crippen LogP contribution is 2.43. The predicted molar refractivity (Wildman–Crippen MR) is 101 cm³/mol. The molecule has 1 aliphatic heterocycles. The Labute approximate surface area is 147 Å². The lowest BCUT2D eigenvalue weighted by Crippen LogP contribution is -2.43. The van der Waals surface area contributed by atoms with Gasteiger partial charge in [-0.1, -0.05) is 24.3 Å². The summed E-state index contributed by atoms with van der Waals surface area (Å²) in [6.07, 6.45) is 6.77. The molecular weight excluding hydrogens is 308 g/mol. The Kier molecular flexibility index (Phi) is 3.49. The van der Waals surface area contributed by atoms with Gasteiger partial charge in [-0.25, -0.2) is 0 Å². The third-order valence-electron chi connectivity index (χ3n) is 5.22. The zero-order chi connectivity index (χ0) is 16.6. The smallest absolute Gasteiger partial charge is 0.0532 e. The molecule has 2 aromatic heterocycles. The number of nitrogens with zero attached hydrogens (tertiary/aromatic N) is 3. The van der Waals surface area contributed by atoms with Crippen LogP contribution in [0.2, 0.25) is 0 Å². The number of benzene rings is 1. The Morgan fingerprint density at radius 3 is 2.68 bits per heavy atom. The first-order valence-corrected chi connectivity index (χ1v) is 8.88. The first-order valence-electron chi connectivity index (χ1n) is 8.88. The molecule has 1 saturated heterocycles. The van der Waals surface area contributed by atoms with Crippen LogP contribution in [0.4, 0.5) is 5.69 Å². The minimum Gasteiger partial charge on any atom is -0.368 e. The number of piperazine rings is 1. The first-order chi connectivity index (χ1) is 12.4. The molecule has 124 valence electrons. The minimum absolute atomic E-state index is 0.919. The van der Waals surface area contributed by atoms with E-state index >= 15 is 0 Å². The fraction of sp³-hybridized carbons (Fsp3) is 0.238. The maximum absolute atomic E-state index is 4.66. The van der Waals surface area contributed by atoms with E-state index in [4.69, 9.17) is 0 Å². The summed E-state index contributed by atoms with van der Waals surface area (Å²) >= 11 is 0. The van der Waals surface area contributed by atoms with Gasteiger partial charge in [0.1, 0.15) is 0 Å². The number of hydrogen-bond donors (Lipinski definition) is 1. The van der Waals surface area contributed by atoms with Crippen molar-refractivity contribution in [3.8, 4) is 22.3 Å². The molecular formula is C21H20N4. The van der Waals surface area contributed by atoms with Crippen LogP contribution in [0.3, 0.4) is 0 Å². The van der Waals surface area contributed by atoms with Gasteiger partial charge >= 0.3 is 0 Å². The van der Waals surface area contributed by atoms with Gasteiger partial charge in [0.15, 0.2) is 0 Å². The largest absolute Gasteiger partial charge is 0.368 e. The summed E-state index contributed by atoms with van der Waals surface area (Å²) in [6, 6.07) is 12.9. The quantitative estimate of drug-likeness (QED) is 0.614. The van der Waals surface area contributed by atoms with E-state index in [1.165, 1.54) is 39.2 Å². The summed E-state index contributed by atoms with van der Waals surface area (Å²) in [6.45, 7) is 4.11. The average Bonchev–Trinajstić information content (AvgIpc) is 3.07. The van der Waals surface area contributed by atoms with Gasteiger partial charge in [-0.15, -0.1) is 0 Å². The van der Waals surface area contributed by atoms with Crippen LogP contribution in [-0.2, 0) is 6.42 Å². The van der Waals surface area contributed by atoms with Crippen molar-refractivity contribution in [1.29, 1.82) is 0 Å². The topological polar surface area (TPSA) is 41.1 Å². The third-order valence-corrected chi connectivity index (χ3v) is 5.22. The van der Waals surface area contributed by atoms with Crippen LogP contribution >= 0.6 is 0 Å². The lowest BCUT2D eigenvalue weighted by molar-refractivity contribution is 0.589. The Hall–Kier alpha value is -2.72. The zero-order valence-electron chi connectivity index (χ0n) is 14.1. The molecule has 0 radical (unpaired) electrons. The maximum Gasteiger partial charge on any atom is 0.0532 e. The molecule has 0 atom stereocenters. The summed E-state index contributed by atoms with van der Waals surface area (Å²) in [5.41, 5.74) is 8.86.